The summed E-state index contributed by atoms with van der Waals surface area (Å²) >= 11 is 0. The first-order valence-electron chi connectivity index (χ1n) is 7.56. The highest BCUT2D eigenvalue weighted by molar-refractivity contribution is 7.91. The van der Waals surface area contributed by atoms with Crippen LogP contribution in [0.2, 0.25) is 0 Å². The van der Waals surface area contributed by atoms with Crippen LogP contribution in [0, 0.1) is 5.41 Å². The molecule has 104 valence electrons. The molecular weight excluding hydrogens is 246 g/mol. The predicted molar refractivity (Wildman–Crippen MR) is 73.4 cm³/mol. The smallest absolute Gasteiger partial charge is 0.150 e. The molecule has 3 aliphatic rings. The molecule has 4 heteroatoms. The van der Waals surface area contributed by atoms with E-state index < -0.39 is 9.84 Å². The molecule has 0 aromatic carbocycles. The van der Waals surface area contributed by atoms with Crippen molar-refractivity contribution in [1.82, 2.24) is 5.32 Å². The number of hydrogen-bond acceptors (Lipinski definition) is 3. The lowest BCUT2D eigenvalue weighted by Gasteiger charge is -2.54. The molecule has 0 aromatic rings. The van der Waals surface area contributed by atoms with E-state index in [0.717, 1.165) is 12.8 Å². The van der Waals surface area contributed by atoms with Gasteiger partial charge in [-0.2, -0.15) is 0 Å². The zero-order chi connectivity index (χ0) is 12.6. The van der Waals surface area contributed by atoms with E-state index in [0.29, 0.717) is 29.0 Å². The van der Waals surface area contributed by atoms with Gasteiger partial charge in [0.2, 0.25) is 0 Å². The summed E-state index contributed by atoms with van der Waals surface area (Å²) in [5.41, 5.74) is 0.592. The Bertz CT molecular complexity index is 384. The molecule has 0 bridgehead atoms. The maximum atomic E-state index is 11.4. The van der Waals surface area contributed by atoms with E-state index in [4.69, 9.17) is 0 Å². The zero-order valence-corrected chi connectivity index (χ0v) is 12.0. The second-order valence-electron chi connectivity index (χ2n) is 6.61. The van der Waals surface area contributed by atoms with E-state index >= 15 is 0 Å². The highest BCUT2D eigenvalue weighted by Gasteiger charge is 2.47. The molecule has 2 aliphatic carbocycles. The molecule has 1 spiro atoms. The first-order chi connectivity index (χ1) is 8.60. The molecule has 2 saturated carbocycles. The van der Waals surface area contributed by atoms with E-state index in [1.54, 1.807) is 0 Å². The third-order valence-electron chi connectivity index (χ3n) is 5.51. The van der Waals surface area contributed by atoms with Gasteiger partial charge in [0.15, 0.2) is 0 Å². The highest BCUT2D eigenvalue weighted by Crippen LogP contribution is 2.51. The van der Waals surface area contributed by atoms with Gasteiger partial charge in [-0.25, -0.2) is 8.42 Å². The molecule has 1 unspecified atom stereocenters. The van der Waals surface area contributed by atoms with E-state index in [9.17, 15) is 8.42 Å². The molecule has 0 radical (unpaired) electrons. The third kappa shape index (κ3) is 2.46. The summed E-state index contributed by atoms with van der Waals surface area (Å²) in [6, 6.07) is 1.14. The van der Waals surface area contributed by atoms with Gasteiger partial charge >= 0.3 is 0 Å². The summed E-state index contributed by atoms with van der Waals surface area (Å²) in [5, 5.41) is 3.79. The van der Waals surface area contributed by atoms with Gasteiger partial charge in [0.05, 0.1) is 11.5 Å². The largest absolute Gasteiger partial charge is 0.311 e. The van der Waals surface area contributed by atoms with Crippen molar-refractivity contribution in [2.24, 2.45) is 5.41 Å². The van der Waals surface area contributed by atoms with Gasteiger partial charge in [-0.15, -0.1) is 0 Å². The van der Waals surface area contributed by atoms with Crippen LogP contribution in [0.3, 0.4) is 0 Å². The van der Waals surface area contributed by atoms with Gasteiger partial charge in [0.1, 0.15) is 9.84 Å². The Balaban J connectivity index is 1.54. The maximum absolute atomic E-state index is 11.4. The molecule has 1 heterocycles. The number of sulfone groups is 1. The first-order valence-corrected chi connectivity index (χ1v) is 9.38. The van der Waals surface area contributed by atoms with Gasteiger partial charge in [-0.3, -0.25) is 0 Å². The quantitative estimate of drug-likeness (QED) is 0.838. The van der Waals surface area contributed by atoms with Crippen LogP contribution in [0.15, 0.2) is 0 Å². The number of nitrogens with one attached hydrogen (secondary N) is 1. The molecule has 1 aliphatic heterocycles. The van der Waals surface area contributed by atoms with Crippen molar-refractivity contribution in [3.8, 4) is 0 Å². The Labute approximate surface area is 111 Å². The second kappa shape index (κ2) is 4.78. The third-order valence-corrected chi connectivity index (χ3v) is 7.23. The Kier molecular flexibility index (Phi) is 3.43. The lowest BCUT2D eigenvalue weighted by atomic mass is 9.57. The number of rotatable bonds is 2. The molecule has 0 aromatic heterocycles. The average molecular weight is 271 g/mol. The summed E-state index contributed by atoms with van der Waals surface area (Å²) < 4.78 is 22.9. The van der Waals surface area contributed by atoms with Gasteiger partial charge in [-0.05, 0) is 43.9 Å². The molecule has 3 rings (SSSR count). The zero-order valence-electron chi connectivity index (χ0n) is 11.2. The predicted octanol–water partition coefficient (Wildman–Crippen LogP) is 2.27. The molecule has 1 saturated heterocycles. The topological polar surface area (TPSA) is 46.2 Å². The van der Waals surface area contributed by atoms with Crippen LogP contribution < -0.4 is 5.32 Å². The summed E-state index contributed by atoms with van der Waals surface area (Å²) in [7, 11) is -2.71. The molecule has 1 atom stereocenters. The van der Waals surface area contributed by atoms with Crippen molar-refractivity contribution in [2.45, 2.75) is 69.9 Å². The van der Waals surface area contributed by atoms with Crippen LogP contribution in [0.1, 0.15) is 57.8 Å². The fourth-order valence-electron chi connectivity index (χ4n) is 4.15. The maximum Gasteiger partial charge on any atom is 0.150 e. The summed E-state index contributed by atoms with van der Waals surface area (Å²) in [4.78, 5) is 0. The van der Waals surface area contributed by atoms with Gasteiger partial charge in [-0.1, -0.05) is 19.3 Å². The van der Waals surface area contributed by atoms with Crippen LogP contribution in [0.5, 0.6) is 0 Å². The molecule has 3 fully saturated rings. The van der Waals surface area contributed by atoms with Crippen molar-refractivity contribution < 1.29 is 8.42 Å². The van der Waals surface area contributed by atoms with E-state index in [1.807, 2.05) is 0 Å². The van der Waals surface area contributed by atoms with Gasteiger partial charge < -0.3 is 5.32 Å². The Morgan fingerprint density at radius 2 is 1.56 bits per heavy atom. The van der Waals surface area contributed by atoms with Crippen molar-refractivity contribution in [2.75, 3.05) is 11.5 Å². The van der Waals surface area contributed by atoms with E-state index in [1.165, 1.54) is 44.9 Å². The molecule has 0 amide bonds. The average Bonchev–Trinajstić information content (AvgIpc) is 2.37. The van der Waals surface area contributed by atoms with Crippen molar-refractivity contribution >= 4 is 9.84 Å². The summed E-state index contributed by atoms with van der Waals surface area (Å²) in [6.07, 6.45) is 11.4. The minimum absolute atomic E-state index is 0.393. The SMILES string of the molecule is O=S1(=O)CCC(NC2CCC23CCCCC3)CC1. The molecule has 18 heavy (non-hydrogen) atoms. The number of hydrogen-bond donors (Lipinski definition) is 1. The Hall–Kier alpha value is -0.0900. The highest BCUT2D eigenvalue weighted by atomic mass is 32.2. The van der Waals surface area contributed by atoms with Crippen molar-refractivity contribution in [3.05, 3.63) is 0 Å². The standard InChI is InChI=1S/C14H25NO2S/c16-18(17)10-5-12(6-11-18)15-13-4-9-14(13)7-2-1-3-8-14/h12-13,15H,1-11H2. The van der Waals surface area contributed by atoms with E-state index in [2.05, 4.69) is 5.32 Å². The fraction of sp³-hybridized carbons (Fsp3) is 1.00. The molecule has 1 N–H and O–H groups in total. The lowest BCUT2D eigenvalue weighted by molar-refractivity contribution is 0.0157. The monoisotopic (exact) mass is 271 g/mol. The van der Waals surface area contributed by atoms with Crippen LogP contribution in [-0.2, 0) is 9.84 Å². The van der Waals surface area contributed by atoms with Crippen LogP contribution in [-0.4, -0.2) is 32.0 Å². The van der Waals surface area contributed by atoms with Gasteiger partial charge in [0.25, 0.3) is 0 Å². The van der Waals surface area contributed by atoms with Crippen molar-refractivity contribution in [3.63, 3.8) is 0 Å². The normalized spacial score (nSPS) is 35.2. The van der Waals surface area contributed by atoms with Gasteiger partial charge in [0, 0.05) is 12.1 Å². The first kappa shape index (κ1) is 12.9. The van der Waals surface area contributed by atoms with E-state index in [-0.39, 0.29) is 0 Å². The van der Waals surface area contributed by atoms with Crippen LogP contribution >= 0.6 is 0 Å². The Morgan fingerprint density at radius 3 is 2.11 bits per heavy atom. The van der Waals surface area contributed by atoms with Crippen LogP contribution in [0.25, 0.3) is 0 Å². The fourth-order valence-corrected chi connectivity index (χ4v) is 5.64. The van der Waals surface area contributed by atoms with Crippen LogP contribution in [0.4, 0.5) is 0 Å². The summed E-state index contributed by atoms with van der Waals surface area (Å²) in [5.74, 6) is 0.786. The summed E-state index contributed by atoms with van der Waals surface area (Å²) in [6.45, 7) is 0. The minimum atomic E-state index is -2.71. The molecule has 3 nitrogen and oxygen atoms in total. The lowest BCUT2D eigenvalue weighted by Crippen LogP contribution is -2.57. The second-order valence-corrected chi connectivity index (χ2v) is 8.91. The Morgan fingerprint density at radius 1 is 0.889 bits per heavy atom. The molecular formula is C14H25NO2S. The van der Waals surface area contributed by atoms with Crippen molar-refractivity contribution in [1.29, 1.82) is 0 Å². The minimum Gasteiger partial charge on any atom is -0.311 e.